The van der Waals surface area contributed by atoms with Crippen LogP contribution in [0.25, 0.3) is 0 Å². The molecule has 19 heavy (non-hydrogen) atoms. The summed E-state index contributed by atoms with van der Waals surface area (Å²) in [5, 5.41) is 11.8. The van der Waals surface area contributed by atoms with E-state index in [1.54, 1.807) is 13.0 Å². The van der Waals surface area contributed by atoms with Crippen molar-refractivity contribution in [2.75, 3.05) is 27.9 Å². The highest BCUT2D eigenvalue weighted by molar-refractivity contribution is 5.97. The maximum absolute atomic E-state index is 12.0. The van der Waals surface area contributed by atoms with Crippen LogP contribution in [-0.2, 0) is 0 Å². The van der Waals surface area contributed by atoms with E-state index in [0.717, 1.165) is 0 Å². The first-order chi connectivity index (χ1) is 9.03. The summed E-state index contributed by atoms with van der Waals surface area (Å²) in [6, 6.07) is 3.12. The number of carbonyl (C=O) groups excluding carboxylic acids is 1. The van der Waals surface area contributed by atoms with E-state index in [1.165, 1.54) is 27.4 Å². The van der Waals surface area contributed by atoms with Crippen molar-refractivity contribution in [3.05, 3.63) is 17.7 Å². The second-order valence-corrected chi connectivity index (χ2v) is 3.97. The van der Waals surface area contributed by atoms with Crippen molar-refractivity contribution < 1.29 is 24.1 Å². The second-order valence-electron chi connectivity index (χ2n) is 3.97. The largest absolute Gasteiger partial charge is 0.496 e. The van der Waals surface area contributed by atoms with Crippen LogP contribution in [0.5, 0.6) is 17.2 Å². The Kier molecular flexibility index (Phi) is 5.44. The molecule has 0 bridgehead atoms. The molecule has 0 aliphatic carbocycles. The molecule has 106 valence electrons. The molecule has 0 saturated heterocycles. The molecule has 0 aliphatic rings. The van der Waals surface area contributed by atoms with Gasteiger partial charge in [-0.2, -0.15) is 0 Å². The highest BCUT2D eigenvalue weighted by atomic mass is 16.5. The van der Waals surface area contributed by atoms with E-state index in [2.05, 4.69) is 5.32 Å². The topological polar surface area (TPSA) is 77.0 Å². The van der Waals surface area contributed by atoms with E-state index in [9.17, 15) is 4.79 Å². The van der Waals surface area contributed by atoms with E-state index < -0.39 is 6.10 Å². The average molecular weight is 269 g/mol. The summed E-state index contributed by atoms with van der Waals surface area (Å²) < 4.78 is 15.4. The van der Waals surface area contributed by atoms with Gasteiger partial charge in [-0.3, -0.25) is 4.79 Å². The van der Waals surface area contributed by atoms with E-state index in [1.807, 2.05) is 0 Å². The van der Waals surface area contributed by atoms with E-state index >= 15 is 0 Å². The molecule has 1 aromatic carbocycles. The van der Waals surface area contributed by atoms with Crippen LogP contribution in [0.2, 0.25) is 0 Å². The lowest BCUT2D eigenvalue weighted by molar-refractivity contribution is 0.0920. The van der Waals surface area contributed by atoms with Gasteiger partial charge in [-0.15, -0.1) is 0 Å². The molecule has 0 fully saturated rings. The van der Waals surface area contributed by atoms with Crippen LogP contribution in [0.4, 0.5) is 0 Å². The smallest absolute Gasteiger partial charge is 0.255 e. The maximum Gasteiger partial charge on any atom is 0.255 e. The highest BCUT2D eigenvalue weighted by Gasteiger charge is 2.17. The predicted molar refractivity (Wildman–Crippen MR) is 70.1 cm³/mol. The van der Waals surface area contributed by atoms with Crippen LogP contribution in [0.1, 0.15) is 17.3 Å². The quantitative estimate of drug-likeness (QED) is 0.799. The summed E-state index contributed by atoms with van der Waals surface area (Å²) in [4.78, 5) is 12.0. The Morgan fingerprint density at radius 3 is 2.16 bits per heavy atom. The Morgan fingerprint density at radius 1 is 1.16 bits per heavy atom. The number of hydrogen-bond acceptors (Lipinski definition) is 5. The monoisotopic (exact) mass is 269 g/mol. The van der Waals surface area contributed by atoms with Crippen LogP contribution >= 0.6 is 0 Å². The van der Waals surface area contributed by atoms with Gasteiger partial charge in [0, 0.05) is 18.7 Å². The van der Waals surface area contributed by atoms with Gasteiger partial charge in [-0.1, -0.05) is 0 Å². The number of benzene rings is 1. The number of amides is 1. The van der Waals surface area contributed by atoms with Crippen molar-refractivity contribution in [2.24, 2.45) is 0 Å². The third-order valence-electron chi connectivity index (χ3n) is 2.51. The van der Waals surface area contributed by atoms with Crippen LogP contribution in [0, 0.1) is 0 Å². The van der Waals surface area contributed by atoms with Crippen molar-refractivity contribution in [2.45, 2.75) is 13.0 Å². The lowest BCUT2D eigenvalue weighted by atomic mass is 10.1. The first-order valence-electron chi connectivity index (χ1n) is 5.79. The highest BCUT2D eigenvalue weighted by Crippen LogP contribution is 2.34. The third kappa shape index (κ3) is 3.75. The van der Waals surface area contributed by atoms with Gasteiger partial charge < -0.3 is 24.6 Å². The molecule has 0 spiro atoms. The third-order valence-corrected chi connectivity index (χ3v) is 2.51. The lowest BCUT2D eigenvalue weighted by Gasteiger charge is -2.14. The van der Waals surface area contributed by atoms with Crippen LogP contribution in [0.3, 0.4) is 0 Å². The summed E-state index contributed by atoms with van der Waals surface area (Å²) >= 11 is 0. The van der Waals surface area contributed by atoms with E-state index in [4.69, 9.17) is 19.3 Å². The molecule has 0 saturated carbocycles. The fourth-order valence-corrected chi connectivity index (χ4v) is 1.54. The first kappa shape index (κ1) is 15.1. The molecular weight excluding hydrogens is 250 g/mol. The van der Waals surface area contributed by atoms with Crippen molar-refractivity contribution in [3.63, 3.8) is 0 Å². The Morgan fingerprint density at radius 2 is 1.68 bits per heavy atom. The fraction of sp³-hybridized carbons (Fsp3) is 0.462. The zero-order chi connectivity index (χ0) is 14.4. The second kappa shape index (κ2) is 6.84. The van der Waals surface area contributed by atoms with Crippen LogP contribution in [0.15, 0.2) is 12.1 Å². The number of carbonyl (C=O) groups is 1. The number of hydrogen-bond donors (Lipinski definition) is 2. The van der Waals surface area contributed by atoms with Crippen LogP contribution < -0.4 is 19.5 Å². The Balaban J connectivity index is 3.07. The first-order valence-corrected chi connectivity index (χ1v) is 5.79. The summed E-state index contributed by atoms with van der Waals surface area (Å²) in [6.07, 6.45) is -0.616. The number of aliphatic hydroxyl groups is 1. The molecule has 1 aromatic rings. The molecule has 0 unspecified atom stereocenters. The van der Waals surface area contributed by atoms with Gasteiger partial charge in [-0.05, 0) is 6.92 Å². The van der Waals surface area contributed by atoms with Crippen molar-refractivity contribution in [3.8, 4) is 17.2 Å². The predicted octanol–water partition coefficient (Wildman–Crippen LogP) is 0.823. The number of ether oxygens (including phenoxy) is 3. The minimum Gasteiger partial charge on any atom is -0.496 e. The summed E-state index contributed by atoms with van der Waals surface area (Å²) in [5.74, 6) is 0.941. The SMILES string of the molecule is COc1cc(OC)c(C(=O)NC[C@H](C)O)cc1OC. The van der Waals surface area contributed by atoms with Crippen molar-refractivity contribution >= 4 is 5.91 Å². The lowest BCUT2D eigenvalue weighted by Crippen LogP contribution is -2.30. The average Bonchev–Trinajstić information content (AvgIpc) is 2.42. The zero-order valence-electron chi connectivity index (χ0n) is 11.5. The number of aliphatic hydroxyl groups excluding tert-OH is 1. The van der Waals surface area contributed by atoms with Gasteiger partial charge in [0.15, 0.2) is 11.5 Å². The van der Waals surface area contributed by atoms with Gasteiger partial charge in [0.25, 0.3) is 5.91 Å². The molecule has 6 nitrogen and oxygen atoms in total. The molecule has 0 radical (unpaired) electrons. The minimum atomic E-state index is -0.616. The fourth-order valence-electron chi connectivity index (χ4n) is 1.54. The van der Waals surface area contributed by atoms with Gasteiger partial charge in [0.05, 0.1) is 33.0 Å². The van der Waals surface area contributed by atoms with E-state index in [-0.39, 0.29) is 12.5 Å². The standard InChI is InChI=1S/C13H19NO5/c1-8(15)7-14-13(16)9-5-11(18-3)12(19-4)6-10(9)17-2/h5-6,8,15H,7H2,1-4H3,(H,14,16)/t8-/m0/s1. The summed E-state index contributed by atoms with van der Waals surface area (Å²) in [6.45, 7) is 1.75. The molecule has 0 heterocycles. The Bertz CT molecular complexity index is 445. The number of nitrogens with one attached hydrogen (secondary N) is 1. The summed E-state index contributed by atoms with van der Waals surface area (Å²) in [5.41, 5.74) is 0.320. The zero-order valence-corrected chi connectivity index (χ0v) is 11.5. The number of rotatable bonds is 6. The molecule has 1 rings (SSSR count). The Labute approximate surface area is 112 Å². The van der Waals surface area contributed by atoms with Gasteiger partial charge in [0.2, 0.25) is 0 Å². The molecule has 1 amide bonds. The van der Waals surface area contributed by atoms with Gasteiger partial charge in [-0.25, -0.2) is 0 Å². The van der Waals surface area contributed by atoms with E-state index in [0.29, 0.717) is 22.8 Å². The van der Waals surface area contributed by atoms with Crippen molar-refractivity contribution in [1.29, 1.82) is 0 Å². The van der Waals surface area contributed by atoms with Gasteiger partial charge >= 0.3 is 0 Å². The molecular formula is C13H19NO5. The maximum atomic E-state index is 12.0. The molecule has 0 aromatic heterocycles. The van der Waals surface area contributed by atoms with Crippen molar-refractivity contribution in [1.82, 2.24) is 5.32 Å². The number of methoxy groups -OCH3 is 3. The molecule has 6 heteroatoms. The molecule has 0 aliphatic heterocycles. The molecule has 1 atom stereocenters. The minimum absolute atomic E-state index is 0.163. The molecule has 2 N–H and O–H groups in total. The normalized spacial score (nSPS) is 11.6. The van der Waals surface area contributed by atoms with Crippen LogP contribution in [-0.4, -0.2) is 45.0 Å². The summed E-state index contributed by atoms with van der Waals surface area (Å²) in [7, 11) is 4.46. The Hall–Kier alpha value is -1.95. The van der Waals surface area contributed by atoms with Gasteiger partial charge in [0.1, 0.15) is 5.75 Å².